The highest BCUT2D eigenvalue weighted by Crippen LogP contribution is 2.39. The summed E-state index contributed by atoms with van der Waals surface area (Å²) in [7, 11) is 2.13. The highest BCUT2D eigenvalue weighted by Gasteiger charge is 2.39. The van der Waals surface area contributed by atoms with Gasteiger partial charge in [0, 0.05) is 37.9 Å². The number of ether oxygens (including phenoxy) is 1. The Morgan fingerprint density at radius 3 is 2.44 bits per heavy atom. The van der Waals surface area contributed by atoms with E-state index in [-0.39, 0.29) is 19.9 Å². The first-order chi connectivity index (χ1) is 19.0. The second-order valence-electron chi connectivity index (χ2n) is 11.2. The van der Waals surface area contributed by atoms with Crippen LogP contribution in [-0.2, 0) is 17.7 Å². The Morgan fingerprint density at radius 2 is 1.80 bits per heavy atom. The molecule has 0 bridgehead atoms. The first-order valence-electron chi connectivity index (χ1n) is 13.5. The fraction of sp³-hybridized carbons (Fsp3) is 0.433. The van der Waals surface area contributed by atoms with Gasteiger partial charge in [0.25, 0.3) is 5.91 Å². The highest BCUT2D eigenvalue weighted by atomic mass is 16.6. The number of anilines is 4. The number of likely N-dealkylation sites (N-methyl/N-ethyl adjacent to an activating group) is 1. The van der Waals surface area contributed by atoms with E-state index in [0.29, 0.717) is 34.7 Å². The predicted octanol–water partition coefficient (Wildman–Crippen LogP) is 4.71. The predicted molar refractivity (Wildman–Crippen MR) is 161 cm³/mol. The Balaban J connectivity index is 0.00000387. The smallest absolute Gasteiger partial charge is 0.417 e. The van der Waals surface area contributed by atoms with Gasteiger partial charge in [-0.05, 0) is 63.6 Å². The van der Waals surface area contributed by atoms with Crippen LogP contribution in [0, 0.1) is 0 Å². The normalized spacial score (nSPS) is 15.4. The number of imide groups is 1. The Kier molecular flexibility index (Phi) is 8.48. The zero-order chi connectivity index (χ0) is 28.6. The van der Waals surface area contributed by atoms with Crippen LogP contribution in [0.3, 0.4) is 0 Å². The highest BCUT2D eigenvalue weighted by molar-refractivity contribution is 6.11. The van der Waals surface area contributed by atoms with Crippen LogP contribution in [0.5, 0.6) is 0 Å². The van der Waals surface area contributed by atoms with Gasteiger partial charge in [-0.25, -0.2) is 24.6 Å². The molecular weight excluding hydrogens is 520 g/mol. The van der Waals surface area contributed by atoms with E-state index in [2.05, 4.69) is 37.1 Å². The minimum Gasteiger partial charge on any atom is -0.443 e. The fourth-order valence-electron chi connectivity index (χ4n) is 4.97. The van der Waals surface area contributed by atoms with Crippen molar-refractivity contribution in [2.24, 2.45) is 0 Å². The summed E-state index contributed by atoms with van der Waals surface area (Å²) in [6, 6.07) is 7.64. The van der Waals surface area contributed by atoms with Gasteiger partial charge in [-0.1, -0.05) is 20.4 Å². The molecule has 1 saturated heterocycles. The van der Waals surface area contributed by atoms with Crippen molar-refractivity contribution in [1.29, 1.82) is 0 Å². The Bertz CT molecular complexity index is 1430. The summed E-state index contributed by atoms with van der Waals surface area (Å²) in [5.74, 6) is 0.292. The van der Waals surface area contributed by atoms with Crippen molar-refractivity contribution >= 4 is 35.1 Å². The van der Waals surface area contributed by atoms with Gasteiger partial charge in [0.2, 0.25) is 5.95 Å². The number of pyridine rings is 1. The van der Waals surface area contributed by atoms with Crippen LogP contribution in [0.15, 0.2) is 36.7 Å². The van der Waals surface area contributed by atoms with Crippen LogP contribution in [0.4, 0.5) is 27.9 Å². The Labute approximate surface area is 241 Å². The fourth-order valence-corrected chi connectivity index (χ4v) is 4.97. The molecule has 2 aliphatic heterocycles. The van der Waals surface area contributed by atoms with Crippen molar-refractivity contribution in [2.75, 3.05) is 49.2 Å². The van der Waals surface area contributed by atoms with Gasteiger partial charge in [-0.3, -0.25) is 4.79 Å². The van der Waals surface area contributed by atoms with Gasteiger partial charge in [0.05, 0.1) is 35.4 Å². The summed E-state index contributed by atoms with van der Waals surface area (Å²) < 4.78 is 5.55. The second-order valence-corrected chi connectivity index (χ2v) is 11.2. The number of piperazine rings is 1. The van der Waals surface area contributed by atoms with Crippen molar-refractivity contribution in [2.45, 2.75) is 53.7 Å². The molecule has 11 nitrogen and oxygen atoms in total. The van der Waals surface area contributed by atoms with E-state index < -0.39 is 17.6 Å². The van der Waals surface area contributed by atoms with Gasteiger partial charge >= 0.3 is 6.09 Å². The lowest BCUT2D eigenvalue weighted by molar-refractivity contribution is 0.0248. The molecule has 2 amide bonds. The number of hydrogen-bond acceptors (Lipinski definition) is 10. The van der Waals surface area contributed by atoms with E-state index in [1.54, 1.807) is 27.0 Å². The van der Waals surface area contributed by atoms with Gasteiger partial charge in [-0.2, -0.15) is 0 Å². The molecule has 0 atom stereocenters. The molecule has 218 valence electrons. The number of rotatable bonds is 5. The van der Waals surface area contributed by atoms with Crippen LogP contribution in [-0.4, -0.2) is 75.6 Å². The van der Waals surface area contributed by atoms with Gasteiger partial charge in [0.1, 0.15) is 11.4 Å². The molecule has 3 aromatic rings. The number of benzene rings is 1. The largest absolute Gasteiger partial charge is 0.443 e. The maximum absolute atomic E-state index is 13.7. The van der Waals surface area contributed by atoms with Crippen molar-refractivity contribution in [3.05, 3.63) is 53.3 Å². The number of nitrogens with one attached hydrogen (secondary N) is 1. The number of carbonyl (C=O) groups is 2. The summed E-state index contributed by atoms with van der Waals surface area (Å²) in [5.41, 5.74) is 10.1. The molecule has 0 spiro atoms. The SMILES string of the molecule is C.CCc1cnc(N)nc1-c1ccc(Nc2ccc(N3CCN(C)CC3)cn2)c2c1CN(C(=O)OC(C)(C)C)C2=O. The molecule has 0 saturated carbocycles. The number of aryl methyl sites for hydroxylation is 1. The minimum atomic E-state index is -0.748. The van der Waals surface area contributed by atoms with E-state index in [1.807, 2.05) is 37.4 Å². The minimum absolute atomic E-state index is 0. The van der Waals surface area contributed by atoms with E-state index in [9.17, 15) is 9.59 Å². The molecule has 0 aliphatic carbocycles. The lowest BCUT2D eigenvalue weighted by Gasteiger charge is -2.33. The molecule has 0 radical (unpaired) electrons. The standard InChI is InChI=1S/C29H36N8O3.CH4/c1-6-18-15-32-27(30)34-25(18)20-8-9-22(24-21(20)17-37(26(24)38)28(39)40-29(2,3)4)33-23-10-7-19(16-31-23)36-13-11-35(5)12-14-36;/h7-10,15-16H,6,11-14,17H2,1-5H3,(H,31,33)(H2,30,32,34);1H4. The molecule has 5 rings (SSSR count). The number of fused-ring (bicyclic) bond motifs is 1. The number of carbonyl (C=O) groups excluding carboxylic acids is 2. The second kappa shape index (κ2) is 11.7. The van der Waals surface area contributed by atoms with E-state index in [0.717, 1.165) is 47.9 Å². The Hall–Kier alpha value is -4.25. The third-order valence-electron chi connectivity index (χ3n) is 7.10. The Morgan fingerprint density at radius 1 is 1.07 bits per heavy atom. The number of amides is 2. The lowest BCUT2D eigenvalue weighted by atomic mass is 9.96. The number of hydrogen-bond donors (Lipinski definition) is 2. The maximum Gasteiger partial charge on any atom is 0.417 e. The third-order valence-corrected chi connectivity index (χ3v) is 7.10. The van der Waals surface area contributed by atoms with E-state index in [1.165, 1.54) is 0 Å². The van der Waals surface area contributed by atoms with Gasteiger partial charge in [-0.15, -0.1) is 0 Å². The van der Waals surface area contributed by atoms with Crippen molar-refractivity contribution in [1.82, 2.24) is 24.8 Å². The quantitative estimate of drug-likeness (QED) is 0.453. The van der Waals surface area contributed by atoms with Crippen LogP contribution in [0.1, 0.15) is 56.6 Å². The van der Waals surface area contributed by atoms with Crippen molar-refractivity contribution in [3.8, 4) is 11.3 Å². The van der Waals surface area contributed by atoms with Crippen molar-refractivity contribution in [3.63, 3.8) is 0 Å². The van der Waals surface area contributed by atoms with Crippen LogP contribution < -0.4 is 16.0 Å². The third kappa shape index (κ3) is 6.25. The average Bonchev–Trinajstić information content (AvgIpc) is 3.27. The van der Waals surface area contributed by atoms with Crippen LogP contribution >= 0.6 is 0 Å². The molecule has 4 heterocycles. The zero-order valence-corrected chi connectivity index (χ0v) is 23.7. The molecule has 1 fully saturated rings. The number of nitrogen functional groups attached to an aromatic ring is 1. The maximum atomic E-state index is 13.7. The summed E-state index contributed by atoms with van der Waals surface area (Å²) in [6.45, 7) is 11.3. The molecule has 11 heteroatoms. The molecule has 2 aromatic heterocycles. The zero-order valence-electron chi connectivity index (χ0n) is 23.7. The molecule has 2 aliphatic rings. The first kappa shape index (κ1) is 29.7. The molecule has 41 heavy (non-hydrogen) atoms. The molecular formula is C30H40N8O3. The van der Waals surface area contributed by atoms with Crippen LogP contribution in [0.2, 0.25) is 0 Å². The summed E-state index contributed by atoms with van der Waals surface area (Å²) in [4.78, 5) is 45.8. The lowest BCUT2D eigenvalue weighted by Crippen LogP contribution is -2.44. The summed E-state index contributed by atoms with van der Waals surface area (Å²) in [6.07, 6.45) is 3.52. The number of nitrogens with zero attached hydrogens (tertiary/aromatic N) is 6. The monoisotopic (exact) mass is 560 g/mol. The number of aromatic nitrogens is 3. The topological polar surface area (TPSA) is 130 Å². The summed E-state index contributed by atoms with van der Waals surface area (Å²) in [5, 5.41) is 3.30. The number of nitrogens with two attached hydrogens (primary N) is 1. The molecule has 0 unspecified atom stereocenters. The van der Waals surface area contributed by atoms with E-state index in [4.69, 9.17) is 10.5 Å². The van der Waals surface area contributed by atoms with Gasteiger partial charge in [0.15, 0.2) is 0 Å². The van der Waals surface area contributed by atoms with Crippen LogP contribution in [0.25, 0.3) is 11.3 Å². The van der Waals surface area contributed by atoms with Gasteiger partial charge < -0.3 is 25.6 Å². The van der Waals surface area contributed by atoms with Crippen molar-refractivity contribution < 1.29 is 14.3 Å². The molecule has 1 aromatic carbocycles. The summed E-state index contributed by atoms with van der Waals surface area (Å²) >= 11 is 0. The van der Waals surface area contributed by atoms with E-state index >= 15 is 0 Å². The average molecular weight is 561 g/mol. The first-order valence-corrected chi connectivity index (χ1v) is 13.5. The molecule has 3 N–H and O–H groups in total.